The van der Waals surface area contributed by atoms with Crippen molar-refractivity contribution >= 4 is 33.5 Å². The molecule has 2 heterocycles. The molecule has 2 aromatic heterocycles. The van der Waals surface area contributed by atoms with Crippen LogP contribution in [0.3, 0.4) is 0 Å². The minimum atomic E-state index is 0.320. The van der Waals surface area contributed by atoms with Crippen LogP contribution in [0.4, 0.5) is 0 Å². The molecule has 0 spiro atoms. The second-order valence-corrected chi connectivity index (χ2v) is 6.53. The van der Waals surface area contributed by atoms with Crippen molar-refractivity contribution in [3.05, 3.63) is 29.1 Å². The third-order valence-corrected chi connectivity index (χ3v) is 4.93. The van der Waals surface area contributed by atoms with Gasteiger partial charge in [-0.3, -0.25) is 4.72 Å². The summed E-state index contributed by atoms with van der Waals surface area (Å²) in [6.07, 6.45) is 9.77. The van der Waals surface area contributed by atoms with Crippen molar-refractivity contribution in [2.45, 2.75) is 36.6 Å². The first-order valence-corrected chi connectivity index (χ1v) is 7.34. The van der Waals surface area contributed by atoms with E-state index < -0.39 is 0 Å². The van der Waals surface area contributed by atoms with E-state index in [1.54, 1.807) is 11.9 Å². The minimum Gasteiger partial charge on any atom is -0.305 e. The van der Waals surface area contributed by atoms with Crippen LogP contribution in [0.15, 0.2) is 34.0 Å². The van der Waals surface area contributed by atoms with Crippen molar-refractivity contribution in [1.29, 1.82) is 0 Å². The Kier molecular flexibility index (Phi) is 2.92. The van der Waals surface area contributed by atoms with Crippen LogP contribution in [0.1, 0.15) is 26.2 Å². The Bertz CT molecular complexity index is 548. The Balaban J connectivity index is 1.80. The minimum absolute atomic E-state index is 0.320. The molecule has 3 rings (SSSR count). The third kappa shape index (κ3) is 2.23. The third-order valence-electron chi connectivity index (χ3n) is 3.29. The molecule has 0 saturated heterocycles. The second kappa shape index (κ2) is 4.30. The van der Waals surface area contributed by atoms with E-state index in [9.17, 15) is 0 Å². The number of rotatable bonds is 3. The summed E-state index contributed by atoms with van der Waals surface area (Å²) in [4.78, 5) is 5.49. The van der Waals surface area contributed by atoms with Crippen LogP contribution in [0.2, 0.25) is 0 Å². The Labute approximate surface area is 113 Å². The molecule has 0 amide bonds. The Morgan fingerprint density at radius 1 is 1.53 bits per heavy atom. The highest BCUT2D eigenvalue weighted by Crippen LogP contribution is 2.34. The quantitative estimate of drug-likeness (QED) is 0.878. The topological polar surface area (TPSA) is 29.3 Å². The molecule has 0 radical (unpaired) electrons. The lowest BCUT2D eigenvalue weighted by molar-refractivity contribution is 0.255. The van der Waals surface area contributed by atoms with E-state index in [1.807, 2.05) is 16.8 Å². The molecule has 0 atom stereocenters. The van der Waals surface area contributed by atoms with E-state index in [1.165, 1.54) is 24.2 Å². The van der Waals surface area contributed by atoms with E-state index in [0.29, 0.717) is 5.54 Å². The van der Waals surface area contributed by atoms with Gasteiger partial charge in [-0.05, 0) is 60.1 Å². The standard InChI is InChI=1S/C12H14BrN3S/c1-12(3-2-4-12)15-17-9-7-10(13)11-14-5-6-16(11)8-9/h5-8,15H,2-4H2,1H3. The number of fused-ring (bicyclic) bond motifs is 1. The molecule has 90 valence electrons. The SMILES string of the molecule is CC1(NSc2cc(Br)c3nccn3c2)CCC1. The van der Waals surface area contributed by atoms with Gasteiger partial charge in [0.1, 0.15) is 0 Å². The summed E-state index contributed by atoms with van der Waals surface area (Å²) in [6, 6.07) is 2.11. The molecule has 5 heteroatoms. The summed E-state index contributed by atoms with van der Waals surface area (Å²) in [6.45, 7) is 2.29. The predicted octanol–water partition coefficient (Wildman–Crippen LogP) is 3.64. The van der Waals surface area contributed by atoms with Gasteiger partial charge in [-0.1, -0.05) is 0 Å². The number of halogens is 1. The zero-order valence-corrected chi connectivity index (χ0v) is 12.0. The first-order chi connectivity index (χ1) is 8.16. The molecule has 0 aromatic carbocycles. The fourth-order valence-electron chi connectivity index (χ4n) is 2.01. The highest BCUT2D eigenvalue weighted by Gasteiger charge is 2.31. The first kappa shape index (κ1) is 11.6. The van der Waals surface area contributed by atoms with Crippen molar-refractivity contribution in [1.82, 2.24) is 14.1 Å². The van der Waals surface area contributed by atoms with Crippen molar-refractivity contribution in [3.63, 3.8) is 0 Å². The van der Waals surface area contributed by atoms with Crippen molar-refractivity contribution < 1.29 is 0 Å². The predicted molar refractivity (Wildman–Crippen MR) is 74.1 cm³/mol. The van der Waals surface area contributed by atoms with Gasteiger partial charge in [0.2, 0.25) is 0 Å². The van der Waals surface area contributed by atoms with Crippen LogP contribution in [0, 0.1) is 0 Å². The van der Waals surface area contributed by atoms with E-state index in [4.69, 9.17) is 0 Å². The van der Waals surface area contributed by atoms with E-state index in [-0.39, 0.29) is 0 Å². The molecule has 1 aliphatic rings. The zero-order valence-electron chi connectivity index (χ0n) is 9.61. The van der Waals surface area contributed by atoms with Gasteiger partial charge in [0.25, 0.3) is 0 Å². The molecule has 0 aliphatic heterocycles. The zero-order chi connectivity index (χ0) is 11.9. The van der Waals surface area contributed by atoms with Gasteiger partial charge in [0.15, 0.2) is 5.65 Å². The van der Waals surface area contributed by atoms with Crippen molar-refractivity contribution in [3.8, 4) is 0 Å². The van der Waals surface area contributed by atoms with Gasteiger partial charge in [0, 0.05) is 29.0 Å². The maximum Gasteiger partial charge on any atom is 0.151 e. The fraction of sp³-hybridized carbons (Fsp3) is 0.417. The lowest BCUT2D eigenvalue weighted by Crippen LogP contribution is -2.44. The summed E-state index contributed by atoms with van der Waals surface area (Å²) >= 11 is 5.26. The average molecular weight is 312 g/mol. The summed E-state index contributed by atoms with van der Waals surface area (Å²) in [5.74, 6) is 0. The monoisotopic (exact) mass is 311 g/mol. The summed E-state index contributed by atoms with van der Waals surface area (Å²) in [7, 11) is 0. The van der Waals surface area contributed by atoms with Crippen LogP contribution in [-0.2, 0) is 0 Å². The van der Waals surface area contributed by atoms with Gasteiger partial charge < -0.3 is 4.40 Å². The van der Waals surface area contributed by atoms with E-state index in [0.717, 1.165) is 10.1 Å². The van der Waals surface area contributed by atoms with Crippen LogP contribution in [-0.4, -0.2) is 14.9 Å². The van der Waals surface area contributed by atoms with Gasteiger partial charge in [0.05, 0.1) is 4.47 Å². The lowest BCUT2D eigenvalue weighted by Gasteiger charge is -2.38. The van der Waals surface area contributed by atoms with Gasteiger partial charge in [-0.2, -0.15) is 0 Å². The highest BCUT2D eigenvalue weighted by atomic mass is 79.9. The number of nitrogens with one attached hydrogen (secondary N) is 1. The molecule has 1 N–H and O–H groups in total. The molecule has 0 bridgehead atoms. The molecule has 1 fully saturated rings. The maximum absolute atomic E-state index is 4.28. The number of imidazole rings is 1. The van der Waals surface area contributed by atoms with Crippen LogP contribution in [0.5, 0.6) is 0 Å². The van der Waals surface area contributed by atoms with Crippen LogP contribution >= 0.6 is 27.9 Å². The Morgan fingerprint density at radius 3 is 3.06 bits per heavy atom. The van der Waals surface area contributed by atoms with Crippen molar-refractivity contribution in [2.75, 3.05) is 0 Å². The molecular weight excluding hydrogens is 298 g/mol. The van der Waals surface area contributed by atoms with Gasteiger partial charge in [-0.15, -0.1) is 0 Å². The second-order valence-electron chi connectivity index (χ2n) is 4.80. The summed E-state index contributed by atoms with van der Waals surface area (Å²) in [5, 5.41) is 0. The molecule has 1 aliphatic carbocycles. The number of hydrogen-bond donors (Lipinski definition) is 1. The molecule has 17 heavy (non-hydrogen) atoms. The molecular formula is C12H14BrN3S. The Hall–Kier alpha value is -0.520. The van der Waals surface area contributed by atoms with Crippen molar-refractivity contribution in [2.24, 2.45) is 0 Å². The van der Waals surface area contributed by atoms with Gasteiger partial charge >= 0.3 is 0 Å². The van der Waals surface area contributed by atoms with E-state index in [2.05, 4.69) is 44.8 Å². The smallest absolute Gasteiger partial charge is 0.151 e. The van der Waals surface area contributed by atoms with Gasteiger partial charge in [-0.25, -0.2) is 4.98 Å². The molecule has 3 nitrogen and oxygen atoms in total. The van der Waals surface area contributed by atoms with E-state index >= 15 is 0 Å². The van der Waals surface area contributed by atoms with Crippen LogP contribution < -0.4 is 4.72 Å². The number of hydrogen-bond acceptors (Lipinski definition) is 3. The molecule has 2 aromatic rings. The normalized spacial score (nSPS) is 18.2. The highest BCUT2D eigenvalue weighted by molar-refractivity contribution is 9.10. The first-order valence-electron chi connectivity index (χ1n) is 5.73. The largest absolute Gasteiger partial charge is 0.305 e. The number of nitrogens with zero attached hydrogens (tertiary/aromatic N) is 2. The summed E-state index contributed by atoms with van der Waals surface area (Å²) < 4.78 is 6.63. The number of pyridine rings is 1. The summed E-state index contributed by atoms with van der Waals surface area (Å²) in [5.41, 5.74) is 1.28. The maximum atomic E-state index is 4.28. The molecule has 1 saturated carbocycles. The average Bonchev–Trinajstić information content (AvgIpc) is 2.72. The van der Waals surface area contributed by atoms with Crippen LogP contribution in [0.25, 0.3) is 5.65 Å². The Morgan fingerprint density at radius 2 is 2.35 bits per heavy atom. The number of aromatic nitrogens is 2. The molecule has 0 unspecified atom stereocenters. The lowest BCUT2D eigenvalue weighted by atomic mass is 9.80. The fourth-order valence-corrected chi connectivity index (χ4v) is 3.63.